The molecule has 0 saturated carbocycles. The molecule has 1 aliphatic carbocycles. The Hall–Kier alpha value is -1.50. The number of amides is 1. The molecule has 0 bridgehead atoms. The standard InChI is InChI=1S/C19H15Cl4N3OS/c20-11-4-12(21)7-16(6-11)24-18(27)10-1-2-15(3-10)25-19(28)26-17-8-13(22)5-14(23)9-17/h1-2,4-10,15H,3H2,(H,24,27)(H2,25,26,28). The molecule has 2 atom stereocenters. The Morgan fingerprint density at radius 1 is 0.821 bits per heavy atom. The van der Waals surface area contributed by atoms with E-state index in [0.29, 0.717) is 43.0 Å². The molecule has 0 fully saturated rings. The van der Waals surface area contributed by atoms with Crippen molar-refractivity contribution in [1.29, 1.82) is 0 Å². The van der Waals surface area contributed by atoms with Crippen LogP contribution in [-0.2, 0) is 4.79 Å². The number of carbonyl (C=O) groups is 1. The van der Waals surface area contributed by atoms with E-state index in [9.17, 15) is 4.79 Å². The molecule has 3 N–H and O–H groups in total. The zero-order chi connectivity index (χ0) is 20.3. The van der Waals surface area contributed by atoms with Gasteiger partial charge in [0, 0.05) is 37.5 Å². The van der Waals surface area contributed by atoms with Crippen LogP contribution in [0.25, 0.3) is 0 Å². The summed E-state index contributed by atoms with van der Waals surface area (Å²) in [6.45, 7) is 0. The number of carbonyl (C=O) groups excluding carboxylic acids is 1. The molecule has 9 heteroatoms. The van der Waals surface area contributed by atoms with Crippen LogP contribution in [0, 0.1) is 5.92 Å². The van der Waals surface area contributed by atoms with Crippen molar-refractivity contribution >= 4 is 81.0 Å². The van der Waals surface area contributed by atoms with Gasteiger partial charge in [-0.15, -0.1) is 0 Å². The summed E-state index contributed by atoms with van der Waals surface area (Å²) in [5.41, 5.74) is 1.24. The molecule has 1 amide bonds. The van der Waals surface area contributed by atoms with E-state index in [4.69, 9.17) is 58.6 Å². The molecule has 28 heavy (non-hydrogen) atoms. The van der Waals surface area contributed by atoms with Crippen LogP contribution in [0.4, 0.5) is 11.4 Å². The third kappa shape index (κ3) is 6.00. The minimum absolute atomic E-state index is 0.0756. The van der Waals surface area contributed by atoms with Crippen LogP contribution in [0.15, 0.2) is 48.6 Å². The van der Waals surface area contributed by atoms with Crippen molar-refractivity contribution in [1.82, 2.24) is 5.32 Å². The lowest BCUT2D eigenvalue weighted by Gasteiger charge is -2.17. The third-order valence-electron chi connectivity index (χ3n) is 3.99. The molecule has 0 spiro atoms. The summed E-state index contributed by atoms with van der Waals surface area (Å²) in [4.78, 5) is 12.5. The zero-order valence-corrected chi connectivity index (χ0v) is 18.1. The van der Waals surface area contributed by atoms with Crippen LogP contribution in [0.2, 0.25) is 20.1 Å². The van der Waals surface area contributed by atoms with Crippen LogP contribution >= 0.6 is 58.6 Å². The van der Waals surface area contributed by atoms with Crippen molar-refractivity contribution < 1.29 is 4.79 Å². The van der Waals surface area contributed by atoms with Crippen LogP contribution in [0.3, 0.4) is 0 Å². The summed E-state index contributed by atoms with van der Waals surface area (Å²) in [6.07, 6.45) is 4.32. The summed E-state index contributed by atoms with van der Waals surface area (Å²) in [5.74, 6) is -0.432. The molecular formula is C19H15Cl4N3OS. The Labute approximate surface area is 188 Å². The summed E-state index contributed by atoms with van der Waals surface area (Å²) in [6, 6.07) is 9.91. The number of hydrogen-bond acceptors (Lipinski definition) is 2. The van der Waals surface area contributed by atoms with Gasteiger partial charge < -0.3 is 16.0 Å². The molecule has 0 radical (unpaired) electrons. The van der Waals surface area contributed by atoms with Gasteiger partial charge in [-0.25, -0.2) is 0 Å². The molecular weight excluding hydrogens is 460 g/mol. The highest BCUT2D eigenvalue weighted by atomic mass is 35.5. The van der Waals surface area contributed by atoms with Crippen molar-refractivity contribution in [3.63, 3.8) is 0 Å². The summed E-state index contributed by atoms with van der Waals surface area (Å²) in [7, 11) is 0. The molecule has 0 aromatic heterocycles. The maximum absolute atomic E-state index is 12.5. The fourth-order valence-electron chi connectivity index (χ4n) is 2.82. The van der Waals surface area contributed by atoms with E-state index in [1.165, 1.54) is 0 Å². The molecule has 0 saturated heterocycles. The fraction of sp³-hybridized carbons (Fsp3) is 0.158. The van der Waals surface area contributed by atoms with E-state index in [1.807, 2.05) is 12.2 Å². The second-order valence-electron chi connectivity index (χ2n) is 6.24. The van der Waals surface area contributed by atoms with Gasteiger partial charge in [0.15, 0.2) is 5.11 Å². The monoisotopic (exact) mass is 473 g/mol. The molecule has 2 aromatic carbocycles. The Morgan fingerprint density at radius 2 is 1.32 bits per heavy atom. The predicted molar refractivity (Wildman–Crippen MR) is 122 cm³/mol. The Morgan fingerprint density at radius 3 is 1.86 bits per heavy atom. The van der Waals surface area contributed by atoms with Gasteiger partial charge in [0.1, 0.15) is 0 Å². The maximum atomic E-state index is 12.5. The summed E-state index contributed by atoms with van der Waals surface area (Å²) < 4.78 is 0. The summed E-state index contributed by atoms with van der Waals surface area (Å²) >= 11 is 29.2. The predicted octanol–water partition coefficient (Wildman–Crippen LogP) is 6.17. The Bertz CT molecular complexity index is 910. The highest BCUT2D eigenvalue weighted by molar-refractivity contribution is 7.80. The molecule has 1 aliphatic rings. The van der Waals surface area contributed by atoms with E-state index < -0.39 is 0 Å². The number of nitrogens with one attached hydrogen (secondary N) is 3. The minimum atomic E-state index is -0.293. The molecule has 146 valence electrons. The number of rotatable bonds is 4. The average molecular weight is 475 g/mol. The molecule has 0 heterocycles. The SMILES string of the molecule is O=C(Nc1cc(Cl)cc(Cl)c1)C1C=CC(NC(=S)Nc2cc(Cl)cc(Cl)c2)C1. The smallest absolute Gasteiger partial charge is 0.231 e. The lowest BCUT2D eigenvalue weighted by molar-refractivity contribution is -0.118. The van der Waals surface area contributed by atoms with E-state index in [-0.39, 0.29) is 17.9 Å². The van der Waals surface area contributed by atoms with Gasteiger partial charge in [-0.1, -0.05) is 58.6 Å². The van der Waals surface area contributed by atoms with E-state index >= 15 is 0 Å². The molecule has 3 rings (SSSR count). The minimum Gasteiger partial charge on any atom is -0.356 e. The number of thiocarbonyl (C=S) groups is 1. The van der Waals surface area contributed by atoms with Crippen LogP contribution in [0.5, 0.6) is 0 Å². The number of benzene rings is 2. The lowest BCUT2D eigenvalue weighted by Crippen LogP contribution is -2.36. The number of anilines is 2. The number of halogens is 4. The first-order valence-corrected chi connectivity index (χ1v) is 10.2. The second-order valence-corrected chi connectivity index (χ2v) is 8.39. The first-order chi connectivity index (χ1) is 13.3. The van der Waals surface area contributed by atoms with Crippen LogP contribution in [-0.4, -0.2) is 17.1 Å². The first-order valence-electron chi connectivity index (χ1n) is 8.27. The van der Waals surface area contributed by atoms with Gasteiger partial charge in [-0.05, 0) is 55.0 Å². The third-order valence-corrected chi connectivity index (χ3v) is 5.08. The van der Waals surface area contributed by atoms with Crippen LogP contribution in [0.1, 0.15) is 6.42 Å². The van der Waals surface area contributed by atoms with Crippen molar-refractivity contribution in [3.05, 3.63) is 68.6 Å². The Balaban J connectivity index is 1.52. The van der Waals surface area contributed by atoms with Gasteiger partial charge in [0.05, 0.1) is 5.92 Å². The van der Waals surface area contributed by atoms with Crippen molar-refractivity contribution in [3.8, 4) is 0 Å². The second kappa shape index (κ2) is 9.33. The van der Waals surface area contributed by atoms with Gasteiger partial charge in [0.25, 0.3) is 0 Å². The topological polar surface area (TPSA) is 53.2 Å². The van der Waals surface area contributed by atoms with E-state index in [2.05, 4.69) is 16.0 Å². The lowest BCUT2D eigenvalue weighted by atomic mass is 10.1. The van der Waals surface area contributed by atoms with Gasteiger partial charge >= 0.3 is 0 Å². The Kier molecular flexibility index (Phi) is 7.07. The molecule has 2 unspecified atom stereocenters. The van der Waals surface area contributed by atoms with Gasteiger partial charge in [0.2, 0.25) is 5.91 Å². The summed E-state index contributed by atoms with van der Waals surface area (Å²) in [5, 5.41) is 11.4. The molecule has 2 aromatic rings. The molecule has 0 aliphatic heterocycles. The number of hydrogen-bond donors (Lipinski definition) is 3. The van der Waals surface area contributed by atoms with Gasteiger partial charge in [-0.2, -0.15) is 0 Å². The van der Waals surface area contributed by atoms with Crippen molar-refractivity contribution in [2.45, 2.75) is 12.5 Å². The quantitative estimate of drug-likeness (QED) is 0.366. The van der Waals surface area contributed by atoms with Crippen molar-refractivity contribution in [2.75, 3.05) is 10.6 Å². The average Bonchev–Trinajstić information content (AvgIpc) is 3.01. The highest BCUT2D eigenvalue weighted by Gasteiger charge is 2.25. The zero-order valence-electron chi connectivity index (χ0n) is 14.3. The van der Waals surface area contributed by atoms with E-state index in [0.717, 1.165) is 0 Å². The molecule has 4 nitrogen and oxygen atoms in total. The first kappa shape index (κ1) is 21.2. The largest absolute Gasteiger partial charge is 0.356 e. The van der Waals surface area contributed by atoms with Gasteiger partial charge in [-0.3, -0.25) is 4.79 Å². The normalized spacial score (nSPS) is 18.0. The highest BCUT2D eigenvalue weighted by Crippen LogP contribution is 2.25. The fourth-order valence-corrected chi connectivity index (χ4v) is 4.14. The van der Waals surface area contributed by atoms with E-state index in [1.54, 1.807) is 36.4 Å². The van der Waals surface area contributed by atoms with Crippen molar-refractivity contribution in [2.24, 2.45) is 5.92 Å². The van der Waals surface area contributed by atoms with Crippen LogP contribution < -0.4 is 16.0 Å². The maximum Gasteiger partial charge on any atom is 0.231 e.